The van der Waals surface area contributed by atoms with Crippen LogP contribution in [0.4, 0.5) is 0 Å². The van der Waals surface area contributed by atoms with Crippen LogP contribution in [0.1, 0.15) is 55.6 Å². The van der Waals surface area contributed by atoms with E-state index in [1.165, 1.54) is 12.8 Å². The standard InChI is InChI=1S/C15H22N2O2/c1-11(18)10-13-4-2-9-17(13)15(19)14-5-3-8-16(14)12-6-7-12/h3,5,8,11-13,18H,2,4,6-7,9-10H2,1H3. The molecule has 1 N–H and O–H groups in total. The first-order chi connectivity index (χ1) is 9.16. The van der Waals surface area contributed by atoms with Crippen LogP contribution in [0, 0.1) is 0 Å². The minimum absolute atomic E-state index is 0.139. The Morgan fingerprint density at radius 2 is 2.26 bits per heavy atom. The van der Waals surface area contributed by atoms with E-state index in [2.05, 4.69) is 4.57 Å². The molecule has 0 bridgehead atoms. The number of aromatic nitrogens is 1. The molecule has 0 radical (unpaired) electrons. The summed E-state index contributed by atoms with van der Waals surface area (Å²) >= 11 is 0. The molecule has 1 saturated carbocycles. The quantitative estimate of drug-likeness (QED) is 0.904. The maximum absolute atomic E-state index is 12.7. The third-order valence-corrected chi connectivity index (χ3v) is 4.19. The van der Waals surface area contributed by atoms with Gasteiger partial charge in [-0.05, 0) is 51.2 Å². The summed E-state index contributed by atoms with van der Waals surface area (Å²) in [4.78, 5) is 14.6. The highest BCUT2D eigenvalue weighted by Gasteiger charge is 2.33. The fraction of sp³-hybridized carbons (Fsp3) is 0.667. The van der Waals surface area contributed by atoms with E-state index in [-0.39, 0.29) is 18.1 Å². The zero-order chi connectivity index (χ0) is 13.4. The van der Waals surface area contributed by atoms with Gasteiger partial charge >= 0.3 is 0 Å². The Hall–Kier alpha value is -1.29. The van der Waals surface area contributed by atoms with Crippen LogP contribution in [0.5, 0.6) is 0 Å². The van der Waals surface area contributed by atoms with Gasteiger partial charge in [0, 0.05) is 24.8 Å². The first-order valence-corrected chi connectivity index (χ1v) is 7.32. The van der Waals surface area contributed by atoms with Gasteiger partial charge in [-0.25, -0.2) is 0 Å². The molecule has 19 heavy (non-hydrogen) atoms. The minimum Gasteiger partial charge on any atom is -0.393 e. The molecule has 4 nitrogen and oxygen atoms in total. The number of carbonyl (C=O) groups excluding carboxylic acids is 1. The zero-order valence-corrected chi connectivity index (χ0v) is 11.5. The van der Waals surface area contributed by atoms with Gasteiger partial charge in [-0.1, -0.05) is 0 Å². The Morgan fingerprint density at radius 3 is 2.95 bits per heavy atom. The average Bonchev–Trinajstić information content (AvgIpc) is 2.92. The second-order valence-corrected chi connectivity index (χ2v) is 5.91. The van der Waals surface area contributed by atoms with E-state index in [0.29, 0.717) is 12.5 Å². The molecule has 0 spiro atoms. The van der Waals surface area contributed by atoms with Gasteiger partial charge in [0.1, 0.15) is 5.69 Å². The van der Waals surface area contributed by atoms with E-state index in [1.807, 2.05) is 23.2 Å². The van der Waals surface area contributed by atoms with Crippen LogP contribution < -0.4 is 0 Å². The van der Waals surface area contributed by atoms with Crippen LogP contribution in [0.15, 0.2) is 18.3 Å². The lowest BCUT2D eigenvalue weighted by atomic mass is 10.1. The summed E-state index contributed by atoms with van der Waals surface area (Å²) in [5.74, 6) is 0.139. The van der Waals surface area contributed by atoms with Crippen LogP contribution >= 0.6 is 0 Å². The number of aliphatic hydroxyl groups is 1. The van der Waals surface area contributed by atoms with Crippen molar-refractivity contribution in [1.29, 1.82) is 0 Å². The molecule has 2 unspecified atom stereocenters. The molecule has 2 fully saturated rings. The number of hydrogen-bond donors (Lipinski definition) is 1. The molecule has 0 aromatic carbocycles. The first-order valence-electron chi connectivity index (χ1n) is 7.32. The second kappa shape index (κ2) is 5.00. The molecular weight excluding hydrogens is 240 g/mol. The molecule has 3 rings (SSSR count). The highest BCUT2D eigenvalue weighted by Crippen LogP contribution is 2.36. The Kier molecular flexibility index (Phi) is 3.35. The number of hydrogen-bond acceptors (Lipinski definition) is 2. The number of carbonyl (C=O) groups is 1. The topological polar surface area (TPSA) is 45.5 Å². The highest BCUT2D eigenvalue weighted by atomic mass is 16.3. The average molecular weight is 262 g/mol. The van der Waals surface area contributed by atoms with Crippen LogP contribution in [0.25, 0.3) is 0 Å². The monoisotopic (exact) mass is 262 g/mol. The number of rotatable bonds is 4. The smallest absolute Gasteiger partial charge is 0.270 e. The summed E-state index contributed by atoms with van der Waals surface area (Å²) in [5.41, 5.74) is 0.819. The van der Waals surface area contributed by atoms with Gasteiger partial charge in [0.15, 0.2) is 0 Å². The number of amides is 1. The lowest BCUT2D eigenvalue weighted by molar-refractivity contribution is 0.0671. The molecule has 1 aliphatic carbocycles. The lowest BCUT2D eigenvalue weighted by Gasteiger charge is -2.26. The van der Waals surface area contributed by atoms with Crippen molar-refractivity contribution in [1.82, 2.24) is 9.47 Å². The molecule has 1 aromatic rings. The number of nitrogens with zero attached hydrogens (tertiary/aromatic N) is 2. The fourth-order valence-electron chi connectivity index (χ4n) is 3.14. The van der Waals surface area contributed by atoms with Crippen LogP contribution in [0.3, 0.4) is 0 Å². The summed E-state index contributed by atoms with van der Waals surface area (Å²) in [5, 5.41) is 9.55. The number of aliphatic hydroxyl groups excluding tert-OH is 1. The maximum atomic E-state index is 12.7. The van der Waals surface area contributed by atoms with E-state index < -0.39 is 0 Å². The molecule has 2 heterocycles. The molecule has 1 amide bonds. The largest absolute Gasteiger partial charge is 0.393 e. The lowest BCUT2D eigenvalue weighted by Crippen LogP contribution is -2.38. The fourth-order valence-corrected chi connectivity index (χ4v) is 3.14. The van der Waals surface area contributed by atoms with Gasteiger partial charge < -0.3 is 14.6 Å². The van der Waals surface area contributed by atoms with Gasteiger partial charge in [-0.3, -0.25) is 4.79 Å². The van der Waals surface area contributed by atoms with E-state index >= 15 is 0 Å². The molecule has 2 aliphatic rings. The van der Waals surface area contributed by atoms with Crippen molar-refractivity contribution >= 4 is 5.91 Å². The Bertz CT molecular complexity index is 462. The van der Waals surface area contributed by atoms with Gasteiger partial charge in [0.25, 0.3) is 5.91 Å². The Balaban J connectivity index is 1.76. The van der Waals surface area contributed by atoms with Crippen molar-refractivity contribution in [3.05, 3.63) is 24.0 Å². The van der Waals surface area contributed by atoms with Gasteiger partial charge in [-0.15, -0.1) is 0 Å². The van der Waals surface area contributed by atoms with E-state index in [4.69, 9.17) is 0 Å². The van der Waals surface area contributed by atoms with Crippen molar-refractivity contribution in [3.63, 3.8) is 0 Å². The van der Waals surface area contributed by atoms with Gasteiger partial charge in [0.05, 0.1) is 6.10 Å². The van der Waals surface area contributed by atoms with Crippen molar-refractivity contribution < 1.29 is 9.90 Å². The van der Waals surface area contributed by atoms with Crippen molar-refractivity contribution in [2.24, 2.45) is 0 Å². The van der Waals surface area contributed by atoms with Crippen molar-refractivity contribution in [2.75, 3.05) is 6.54 Å². The Labute approximate surface area is 114 Å². The maximum Gasteiger partial charge on any atom is 0.270 e. The molecule has 1 aromatic heterocycles. The zero-order valence-electron chi connectivity index (χ0n) is 11.5. The van der Waals surface area contributed by atoms with E-state index in [1.54, 1.807) is 6.92 Å². The predicted octanol–water partition coefficient (Wildman–Crippen LogP) is 2.20. The van der Waals surface area contributed by atoms with Crippen LogP contribution in [-0.4, -0.2) is 39.2 Å². The van der Waals surface area contributed by atoms with Crippen LogP contribution in [0.2, 0.25) is 0 Å². The summed E-state index contributed by atoms with van der Waals surface area (Å²) < 4.78 is 2.13. The van der Waals surface area contributed by atoms with Gasteiger partial charge in [0.2, 0.25) is 0 Å². The van der Waals surface area contributed by atoms with E-state index in [0.717, 1.165) is 25.1 Å². The molecule has 2 atom stereocenters. The molecule has 1 saturated heterocycles. The van der Waals surface area contributed by atoms with E-state index in [9.17, 15) is 9.90 Å². The summed E-state index contributed by atoms with van der Waals surface area (Å²) in [6.45, 7) is 2.62. The normalized spacial score (nSPS) is 24.7. The first kappa shape index (κ1) is 12.7. The summed E-state index contributed by atoms with van der Waals surface area (Å²) in [6.07, 6.45) is 6.81. The second-order valence-electron chi connectivity index (χ2n) is 5.91. The molecule has 4 heteroatoms. The SMILES string of the molecule is CC(O)CC1CCCN1C(=O)c1cccn1C1CC1. The third kappa shape index (κ3) is 2.54. The molecule has 1 aliphatic heterocycles. The highest BCUT2D eigenvalue weighted by molar-refractivity contribution is 5.93. The molecule has 104 valence electrons. The minimum atomic E-state index is -0.339. The predicted molar refractivity (Wildman–Crippen MR) is 73.1 cm³/mol. The van der Waals surface area contributed by atoms with Gasteiger partial charge in [-0.2, -0.15) is 0 Å². The van der Waals surface area contributed by atoms with Crippen LogP contribution in [-0.2, 0) is 0 Å². The molecular formula is C15H22N2O2. The van der Waals surface area contributed by atoms with Crippen molar-refractivity contribution in [3.8, 4) is 0 Å². The summed E-state index contributed by atoms with van der Waals surface area (Å²) in [6, 6.07) is 4.63. The summed E-state index contributed by atoms with van der Waals surface area (Å²) in [7, 11) is 0. The van der Waals surface area contributed by atoms with Crippen molar-refractivity contribution in [2.45, 2.75) is 57.2 Å². The number of likely N-dealkylation sites (tertiary alicyclic amines) is 1. The Morgan fingerprint density at radius 1 is 1.47 bits per heavy atom. The third-order valence-electron chi connectivity index (χ3n) is 4.19.